The first-order valence-electron chi connectivity index (χ1n) is 8.68. The van der Waals surface area contributed by atoms with Gasteiger partial charge in [-0.1, -0.05) is 12.1 Å². The highest BCUT2D eigenvalue weighted by Crippen LogP contribution is 2.31. The van der Waals surface area contributed by atoms with Crippen LogP contribution in [0.4, 0.5) is 0 Å². The molecule has 0 amide bonds. The van der Waals surface area contributed by atoms with Crippen LogP contribution in [-0.2, 0) is 14.8 Å². The van der Waals surface area contributed by atoms with E-state index in [-0.39, 0.29) is 23.0 Å². The number of carbonyl (C=O) groups excluding carboxylic acids is 1. The van der Waals surface area contributed by atoms with Crippen LogP contribution in [0.5, 0.6) is 11.5 Å². The molecule has 1 aromatic carbocycles. The Morgan fingerprint density at radius 1 is 1.22 bits per heavy atom. The Morgan fingerprint density at radius 3 is 2.74 bits per heavy atom. The van der Waals surface area contributed by atoms with Crippen molar-refractivity contribution in [3.05, 3.63) is 40.6 Å². The number of para-hydroxylation sites is 2. The number of thiophene rings is 1. The molecule has 0 N–H and O–H groups in total. The highest BCUT2D eigenvalue weighted by atomic mass is 32.2. The third-order valence-electron chi connectivity index (χ3n) is 4.45. The molecule has 1 unspecified atom stereocenters. The molecular formula is C18H19NO6S2. The molecule has 2 aliphatic heterocycles. The number of hydrogen-bond donors (Lipinski definition) is 0. The summed E-state index contributed by atoms with van der Waals surface area (Å²) in [5.74, 6) is 0.709. The average Bonchev–Trinajstić information content (AvgIpc) is 3.38. The average molecular weight is 409 g/mol. The van der Waals surface area contributed by atoms with E-state index >= 15 is 0 Å². The van der Waals surface area contributed by atoms with Gasteiger partial charge in [0, 0.05) is 18.5 Å². The Bertz CT molecular complexity index is 933. The van der Waals surface area contributed by atoms with E-state index in [9.17, 15) is 13.2 Å². The van der Waals surface area contributed by atoms with E-state index in [1.165, 1.54) is 15.8 Å². The molecule has 4 rings (SSSR count). The summed E-state index contributed by atoms with van der Waals surface area (Å²) in [6.07, 6.45) is 1.33. The van der Waals surface area contributed by atoms with Crippen molar-refractivity contribution in [3.63, 3.8) is 0 Å². The number of hydrogen-bond acceptors (Lipinski definition) is 7. The molecule has 1 saturated heterocycles. The van der Waals surface area contributed by atoms with E-state index in [2.05, 4.69) is 0 Å². The molecule has 7 nitrogen and oxygen atoms in total. The van der Waals surface area contributed by atoms with Gasteiger partial charge in [-0.15, -0.1) is 11.3 Å². The number of rotatable bonds is 5. The maximum absolute atomic E-state index is 12.5. The van der Waals surface area contributed by atoms with E-state index in [0.717, 1.165) is 24.2 Å². The summed E-state index contributed by atoms with van der Waals surface area (Å²) in [4.78, 5) is 12.7. The fourth-order valence-corrected chi connectivity index (χ4v) is 5.69. The van der Waals surface area contributed by atoms with Crippen LogP contribution in [-0.4, -0.2) is 51.1 Å². The number of carbonyl (C=O) groups is 1. The van der Waals surface area contributed by atoms with Crippen molar-refractivity contribution < 1.29 is 27.4 Å². The van der Waals surface area contributed by atoms with Crippen LogP contribution in [0.25, 0.3) is 0 Å². The fourth-order valence-electron chi connectivity index (χ4n) is 3.02. The molecule has 0 saturated carbocycles. The molecule has 144 valence electrons. The van der Waals surface area contributed by atoms with E-state index in [1.807, 2.05) is 18.2 Å². The lowest BCUT2D eigenvalue weighted by Gasteiger charge is -2.25. The Balaban J connectivity index is 1.36. The Hall–Kier alpha value is -2.10. The molecule has 1 aromatic heterocycles. The van der Waals surface area contributed by atoms with Crippen molar-refractivity contribution >= 4 is 27.3 Å². The molecule has 0 bridgehead atoms. The Morgan fingerprint density at radius 2 is 1.96 bits per heavy atom. The second-order valence-corrected chi connectivity index (χ2v) is 9.20. The van der Waals surface area contributed by atoms with Crippen LogP contribution in [0.3, 0.4) is 0 Å². The third kappa shape index (κ3) is 3.80. The molecule has 1 atom stereocenters. The molecule has 2 aromatic rings. The normalized spacial score (nSPS) is 19.8. The van der Waals surface area contributed by atoms with Crippen molar-refractivity contribution in [2.75, 3.05) is 26.3 Å². The van der Waals surface area contributed by atoms with Gasteiger partial charge in [0.25, 0.3) is 0 Å². The zero-order chi connectivity index (χ0) is 18.9. The standard InChI is InChI=1S/C18H19NO6S2/c20-18(24-11-13-10-23-15-5-1-2-6-16(15)25-13)17-9-14(12-26-17)27(21,22)19-7-3-4-8-19/h1-2,5-6,9,12-13H,3-4,7-8,10-11H2. The first kappa shape index (κ1) is 18.3. The van der Waals surface area contributed by atoms with Crippen molar-refractivity contribution in [3.8, 4) is 11.5 Å². The minimum atomic E-state index is -3.53. The molecule has 0 aliphatic carbocycles. The lowest BCUT2D eigenvalue weighted by atomic mass is 10.3. The molecule has 9 heteroatoms. The van der Waals surface area contributed by atoms with Crippen LogP contribution in [0.1, 0.15) is 22.5 Å². The minimum Gasteiger partial charge on any atom is -0.486 e. The lowest BCUT2D eigenvalue weighted by molar-refractivity contribution is 0.0113. The summed E-state index contributed by atoms with van der Waals surface area (Å²) < 4.78 is 43.1. The van der Waals surface area contributed by atoms with Crippen LogP contribution >= 0.6 is 11.3 Å². The molecule has 1 fully saturated rings. The van der Waals surface area contributed by atoms with E-state index in [1.54, 1.807) is 6.07 Å². The van der Waals surface area contributed by atoms with Gasteiger partial charge in [0.1, 0.15) is 18.1 Å². The van der Waals surface area contributed by atoms with Gasteiger partial charge in [-0.2, -0.15) is 4.31 Å². The number of sulfonamides is 1. The monoisotopic (exact) mass is 409 g/mol. The maximum Gasteiger partial charge on any atom is 0.348 e. The van der Waals surface area contributed by atoms with Crippen molar-refractivity contribution in [1.29, 1.82) is 0 Å². The molecule has 0 radical (unpaired) electrons. The minimum absolute atomic E-state index is 0.0271. The summed E-state index contributed by atoms with van der Waals surface area (Å²) in [5.41, 5.74) is 0. The van der Waals surface area contributed by atoms with Gasteiger partial charge < -0.3 is 14.2 Å². The molecular weight excluding hydrogens is 390 g/mol. The summed E-state index contributed by atoms with van der Waals surface area (Å²) in [5, 5.41) is 1.49. The van der Waals surface area contributed by atoms with Gasteiger partial charge in [-0.25, -0.2) is 13.2 Å². The molecule has 0 spiro atoms. The van der Waals surface area contributed by atoms with Crippen LogP contribution in [0.15, 0.2) is 40.6 Å². The summed E-state index contributed by atoms with van der Waals surface area (Å²) in [6.45, 7) is 1.36. The summed E-state index contributed by atoms with van der Waals surface area (Å²) >= 11 is 1.07. The molecule has 27 heavy (non-hydrogen) atoms. The number of esters is 1. The van der Waals surface area contributed by atoms with Gasteiger partial charge in [0.05, 0.1) is 4.90 Å². The largest absolute Gasteiger partial charge is 0.486 e. The fraction of sp³-hybridized carbons (Fsp3) is 0.389. The number of benzene rings is 1. The molecule has 3 heterocycles. The summed E-state index contributed by atoms with van der Waals surface area (Å²) in [6, 6.07) is 8.68. The number of nitrogens with zero attached hydrogens (tertiary/aromatic N) is 1. The predicted octanol–water partition coefficient (Wildman–Crippen LogP) is 2.53. The van der Waals surface area contributed by atoms with Crippen molar-refractivity contribution in [2.45, 2.75) is 23.8 Å². The van der Waals surface area contributed by atoms with E-state index in [4.69, 9.17) is 14.2 Å². The third-order valence-corrected chi connectivity index (χ3v) is 7.38. The van der Waals surface area contributed by atoms with E-state index in [0.29, 0.717) is 24.6 Å². The highest BCUT2D eigenvalue weighted by molar-refractivity contribution is 7.89. The predicted molar refractivity (Wildman–Crippen MR) is 98.9 cm³/mol. The lowest BCUT2D eigenvalue weighted by Crippen LogP contribution is -2.34. The van der Waals surface area contributed by atoms with Gasteiger partial charge >= 0.3 is 5.97 Å². The van der Waals surface area contributed by atoms with Crippen molar-refractivity contribution in [2.24, 2.45) is 0 Å². The Kier molecular flexibility index (Phi) is 5.07. The second kappa shape index (κ2) is 7.49. The topological polar surface area (TPSA) is 82.1 Å². The zero-order valence-corrected chi connectivity index (χ0v) is 16.1. The highest BCUT2D eigenvalue weighted by Gasteiger charge is 2.29. The zero-order valence-electron chi connectivity index (χ0n) is 14.5. The summed E-state index contributed by atoms with van der Waals surface area (Å²) in [7, 11) is -3.53. The number of fused-ring (bicyclic) bond motifs is 1. The quantitative estimate of drug-likeness (QED) is 0.706. The van der Waals surface area contributed by atoms with Gasteiger partial charge in [0.15, 0.2) is 17.6 Å². The van der Waals surface area contributed by atoms with Crippen LogP contribution < -0.4 is 9.47 Å². The van der Waals surface area contributed by atoms with Crippen molar-refractivity contribution in [1.82, 2.24) is 4.31 Å². The van der Waals surface area contributed by atoms with E-state index < -0.39 is 22.1 Å². The van der Waals surface area contributed by atoms with Gasteiger partial charge in [-0.05, 0) is 31.0 Å². The van der Waals surface area contributed by atoms with Gasteiger partial charge in [0.2, 0.25) is 10.0 Å². The van der Waals surface area contributed by atoms with Crippen LogP contribution in [0, 0.1) is 0 Å². The smallest absolute Gasteiger partial charge is 0.348 e. The first-order valence-corrected chi connectivity index (χ1v) is 11.0. The van der Waals surface area contributed by atoms with Gasteiger partial charge in [-0.3, -0.25) is 0 Å². The first-order chi connectivity index (χ1) is 13.0. The SMILES string of the molecule is O=C(OCC1COc2ccccc2O1)c1cc(S(=O)(=O)N2CCCC2)cs1. The molecule has 2 aliphatic rings. The second-order valence-electron chi connectivity index (χ2n) is 6.35. The van der Waals surface area contributed by atoms with Crippen LogP contribution in [0.2, 0.25) is 0 Å². The maximum atomic E-state index is 12.5. The number of ether oxygens (including phenoxy) is 3. The Labute approximate surface area is 161 Å².